The van der Waals surface area contributed by atoms with Crippen LogP contribution in [0.25, 0.3) is 0 Å². The van der Waals surface area contributed by atoms with Crippen molar-refractivity contribution in [3.63, 3.8) is 0 Å². The van der Waals surface area contributed by atoms with Crippen molar-refractivity contribution in [3.05, 3.63) is 45.4 Å². The standard InChI is InChI=1S/C27H31F2N3O8/c1-31(2)19-14-7-11-6-13-17(15(33)8-12(22(13)40-3)9-32-5-4-26(28,29)10-32)20(34)16(11)23(36)27(14,39)24(37)18(21(19)35)25(30)38/h8,11,14,19,33,35-36,39H,4-7,9-10H2,1-3H3,(H2,30,38)/t11-,14-,19-,27-/m0/s1. The Morgan fingerprint density at radius 3 is 2.48 bits per heavy atom. The minimum absolute atomic E-state index is 0.0370. The van der Waals surface area contributed by atoms with Crippen LogP contribution >= 0.6 is 0 Å². The first-order chi connectivity index (χ1) is 18.6. The molecule has 1 heterocycles. The summed E-state index contributed by atoms with van der Waals surface area (Å²) in [6, 6.07) is 0.147. The second kappa shape index (κ2) is 9.25. The van der Waals surface area contributed by atoms with Gasteiger partial charge in [-0.1, -0.05) is 0 Å². The van der Waals surface area contributed by atoms with Gasteiger partial charge in [0.05, 0.1) is 25.3 Å². The average molecular weight is 564 g/mol. The number of amides is 1. The topological polar surface area (TPSA) is 174 Å². The van der Waals surface area contributed by atoms with Crippen molar-refractivity contribution in [2.45, 2.75) is 43.4 Å². The maximum atomic E-state index is 13.8. The molecule has 13 heteroatoms. The molecule has 4 atom stereocenters. The molecule has 1 aromatic rings. The Labute approximate surface area is 228 Å². The van der Waals surface area contributed by atoms with Gasteiger partial charge in [-0.2, -0.15) is 0 Å². The van der Waals surface area contributed by atoms with Crippen LogP contribution in [0.15, 0.2) is 28.7 Å². The van der Waals surface area contributed by atoms with Gasteiger partial charge in [-0.15, -0.1) is 0 Å². The molecule has 1 saturated heterocycles. The van der Waals surface area contributed by atoms with Gasteiger partial charge in [-0.3, -0.25) is 24.2 Å². The van der Waals surface area contributed by atoms with E-state index >= 15 is 0 Å². The number of rotatable bonds is 5. The number of carbonyl (C=O) groups excluding carboxylic acids is 3. The summed E-state index contributed by atoms with van der Waals surface area (Å²) < 4.78 is 33.2. The molecular formula is C27H31F2N3O8. The first-order valence-corrected chi connectivity index (χ1v) is 12.8. The molecule has 0 aromatic heterocycles. The van der Waals surface area contributed by atoms with Crippen LogP contribution in [0.2, 0.25) is 0 Å². The summed E-state index contributed by atoms with van der Waals surface area (Å²) in [5.41, 5.74) is 1.94. The number of allylic oxidation sites excluding steroid dienone is 1. The third-order valence-corrected chi connectivity index (χ3v) is 8.60. The minimum atomic E-state index is -2.83. The number of Topliss-reactive ketones (excluding diaryl/α,β-unsaturated/α-hetero) is 2. The van der Waals surface area contributed by atoms with E-state index in [1.54, 1.807) is 14.1 Å². The number of benzene rings is 1. The zero-order valence-corrected chi connectivity index (χ0v) is 22.2. The number of likely N-dealkylation sites (tertiary alicyclic amines) is 1. The smallest absolute Gasteiger partial charge is 0.261 e. The number of nitrogens with zero attached hydrogens (tertiary/aromatic N) is 2. The number of ether oxygens (including phenoxy) is 1. The van der Waals surface area contributed by atoms with Gasteiger partial charge in [-0.05, 0) is 38.9 Å². The number of nitrogens with two attached hydrogens (primary N) is 1. The van der Waals surface area contributed by atoms with E-state index in [-0.39, 0.29) is 49.2 Å². The summed E-state index contributed by atoms with van der Waals surface area (Å²) in [6.45, 7) is -0.276. The zero-order valence-electron chi connectivity index (χ0n) is 22.2. The molecule has 11 nitrogen and oxygen atoms in total. The Balaban J connectivity index is 1.63. The molecule has 0 spiro atoms. The SMILES string of the molecule is COc1c(CN2CCC(F)(F)C2)cc(O)c2c1C[C@H]1C[C@H]3[C@H](N(C)C)C(O)=C(C(N)=O)C(=O)[C@@]3(O)C(O)=C1C2=O. The number of aliphatic hydroxyl groups is 3. The minimum Gasteiger partial charge on any atom is -0.510 e. The summed E-state index contributed by atoms with van der Waals surface area (Å²) in [5, 5.41) is 44.8. The molecule has 1 aliphatic heterocycles. The van der Waals surface area contributed by atoms with Crippen LogP contribution in [0.1, 0.15) is 34.3 Å². The van der Waals surface area contributed by atoms with Gasteiger partial charge in [-0.25, -0.2) is 8.78 Å². The third kappa shape index (κ3) is 3.90. The number of fused-ring (bicyclic) bond motifs is 3. The van der Waals surface area contributed by atoms with Crippen LogP contribution < -0.4 is 10.5 Å². The highest BCUT2D eigenvalue weighted by Gasteiger charge is 2.63. The monoisotopic (exact) mass is 563 g/mol. The summed E-state index contributed by atoms with van der Waals surface area (Å²) in [5.74, 6) is -10.1. The average Bonchev–Trinajstić information content (AvgIpc) is 3.18. The quantitative estimate of drug-likeness (QED) is 0.325. The summed E-state index contributed by atoms with van der Waals surface area (Å²) in [6.07, 6.45) is -0.331. The van der Waals surface area contributed by atoms with E-state index < -0.39 is 76.3 Å². The summed E-state index contributed by atoms with van der Waals surface area (Å²) in [4.78, 5) is 42.2. The number of phenols is 1. The first kappa shape index (κ1) is 28.0. The van der Waals surface area contributed by atoms with Gasteiger partial charge in [0.1, 0.15) is 28.6 Å². The molecule has 216 valence electrons. The van der Waals surface area contributed by atoms with E-state index in [0.717, 1.165) is 0 Å². The Morgan fingerprint density at radius 1 is 1.25 bits per heavy atom. The first-order valence-electron chi connectivity index (χ1n) is 12.8. The number of hydrogen-bond acceptors (Lipinski definition) is 10. The molecule has 0 bridgehead atoms. The van der Waals surface area contributed by atoms with Gasteiger partial charge < -0.3 is 30.9 Å². The number of aromatic hydroxyl groups is 1. The number of carbonyl (C=O) groups is 3. The predicted octanol–water partition coefficient (Wildman–Crippen LogP) is 0.970. The molecule has 1 amide bonds. The van der Waals surface area contributed by atoms with E-state index in [1.165, 1.54) is 23.0 Å². The summed E-state index contributed by atoms with van der Waals surface area (Å²) >= 11 is 0. The van der Waals surface area contributed by atoms with E-state index in [2.05, 4.69) is 0 Å². The second-order valence-corrected chi connectivity index (χ2v) is 11.2. The number of halogens is 2. The highest BCUT2D eigenvalue weighted by molar-refractivity contribution is 6.24. The lowest BCUT2D eigenvalue weighted by Gasteiger charge is -2.50. The van der Waals surface area contributed by atoms with Crippen molar-refractivity contribution < 1.29 is 48.3 Å². The molecule has 1 aromatic carbocycles. The zero-order chi connectivity index (χ0) is 29.5. The van der Waals surface area contributed by atoms with Gasteiger partial charge in [0, 0.05) is 42.1 Å². The van der Waals surface area contributed by atoms with E-state index in [4.69, 9.17) is 10.5 Å². The van der Waals surface area contributed by atoms with Crippen molar-refractivity contribution in [1.29, 1.82) is 0 Å². The molecular weight excluding hydrogens is 532 g/mol. The van der Waals surface area contributed by atoms with Gasteiger partial charge in [0.25, 0.3) is 11.8 Å². The van der Waals surface area contributed by atoms with Crippen LogP contribution in [0.5, 0.6) is 11.5 Å². The fraction of sp³-hybridized carbons (Fsp3) is 0.519. The molecule has 4 aliphatic rings. The van der Waals surface area contributed by atoms with Crippen LogP contribution in [0.4, 0.5) is 8.78 Å². The molecule has 1 fully saturated rings. The van der Waals surface area contributed by atoms with Crippen LogP contribution in [-0.2, 0) is 22.6 Å². The molecule has 3 aliphatic carbocycles. The van der Waals surface area contributed by atoms with Crippen molar-refractivity contribution in [2.24, 2.45) is 17.6 Å². The molecule has 40 heavy (non-hydrogen) atoms. The van der Waals surface area contributed by atoms with Crippen molar-refractivity contribution in [3.8, 4) is 11.5 Å². The second-order valence-electron chi connectivity index (χ2n) is 11.2. The lowest BCUT2D eigenvalue weighted by Crippen LogP contribution is -2.63. The number of likely N-dealkylation sites (N-methyl/N-ethyl adjacent to an activating group) is 1. The summed E-state index contributed by atoms with van der Waals surface area (Å²) in [7, 11) is 4.45. The molecule has 6 N–H and O–H groups in total. The van der Waals surface area contributed by atoms with E-state index in [0.29, 0.717) is 11.1 Å². The number of aliphatic hydroxyl groups excluding tert-OH is 2. The highest BCUT2D eigenvalue weighted by atomic mass is 19.3. The van der Waals surface area contributed by atoms with Crippen molar-refractivity contribution in [2.75, 3.05) is 34.3 Å². The predicted molar refractivity (Wildman–Crippen MR) is 135 cm³/mol. The largest absolute Gasteiger partial charge is 0.510 e. The van der Waals surface area contributed by atoms with Crippen LogP contribution in [-0.4, -0.2) is 99.6 Å². The van der Waals surface area contributed by atoms with Gasteiger partial charge in [0.2, 0.25) is 5.78 Å². The van der Waals surface area contributed by atoms with Gasteiger partial charge in [0.15, 0.2) is 11.4 Å². The molecule has 0 radical (unpaired) electrons. The van der Waals surface area contributed by atoms with Gasteiger partial charge >= 0.3 is 0 Å². The Morgan fingerprint density at radius 2 is 1.93 bits per heavy atom. The number of hydrogen-bond donors (Lipinski definition) is 5. The molecule has 0 unspecified atom stereocenters. The van der Waals surface area contributed by atoms with E-state index in [1.807, 2.05) is 0 Å². The number of phenolic OH excluding ortho intramolecular Hbond substituents is 1. The van der Waals surface area contributed by atoms with Crippen molar-refractivity contribution in [1.82, 2.24) is 9.80 Å². The fourth-order valence-electron chi connectivity index (χ4n) is 6.92. The lowest BCUT2D eigenvalue weighted by atomic mass is 9.58. The van der Waals surface area contributed by atoms with Crippen LogP contribution in [0.3, 0.4) is 0 Å². The van der Waals surface area contributed by atoms with Crippen molar-refractivity contribution >= 4 is 17.5 Å². The Bertz CT molecular complexity index is 1400. The molecule has 0 saturated carbocycles. The number of primary amides is 1. The Hall–Kier alpha value is -3.55. The Kier molecular flexibility index (Phi) is 6.47. The normalized spacial score (nSPS) is 29.9. The molecule has 5 rings (SSSR count). The lowest BCUT2D eigenvalue weighted by molar-refractivity contribution is -0.148. The maximum absolute atomic E-state index is 13.8. The van der Waals surface area contributed by atoms with Crippen LogP contribution in [0, 0.1) is 11.8 Å². The fourth-order valence-corrected chi connectivity index (χ4v) is 6.92. The number of ketones is 2. The maximum Gasteiger partial charge on any atom is 0.261 e. The van der Waals surface area contributed by atoms with E-state index in [9.17, 15) is 43.6 Å². The third-order valence-electron chi connectivity index (χ3n) is 8.60. The number of alkyl halides is 2. The number of methoxy groups -OCH3 is 1. The highest BCUT2D eigenvalue weighted by Crippen LogP contribution is 2.53.